The molecule has 0 unspecified atom stereocenters. The monoisotopic (exact) mass is 1180 g/mol. The van der Waals surface area contributed by atoms with Crippen molar-refractivity contribution in [3.05, 3.63) is 82.1 Å². The summed E-state index contributed by atoms with van der Waals surface area (Å²) in [6, 6.07) is 12.9. The molecule has 0 aliphatic carbocycles. The van der Waals surface area contributed by atoms with Gasteiger partial charge in [-0.25, -0.2) is 9.97 Å². The number of hydrogen-bond donors (Lipinski definition) is 5. The molecule has 2 aromatic heterocycles. The minimum Gasteiger partial charge on any atom is -0.391 e. The highest BCUT2D eigenvalue weighted by atomic mass is 32.1. The number of nitrogens with one attached hydrogen (secondary N) is 3. The van der Waals surface area contributed by atoms with Gasteiger partial charge in [0, 0.05) is 51.4 Å². The van der Waals surface area contributed by atoms with Gasteiger partial charge in [0.15, 0.2) is 5.78 Å². The molecule has 6 rings (SSSR count). The summed E-state index contributed by atoms with van der Waals surface area (Å²) < 4.78 is 33.3. The number of thiazole rings is 2. The first-order chi connectivity index (χ1) is 39.1. The number of carbonyl (C=O) groups excluding carboxylic acids is 6. The van der Waals surface area contributed by atoms with Crippen molar-refractivity contribution in [2.75, 3.05) is 92.4 Å². The van der Waals surface area contributed by atoms with Crippen LogP contribution in [-0.2, 0) is 70.3 Å². The number of Topliss-reactive ketones (excluding diaryl/α,β-unsaturated/α-hetero) is 1. The second kappa shape index (κ2) is 31.9. The Labute approximate surface area is 489 Å². The van der Waals surface area contributed by atoms with E-state index >= 15 is 0 Å². The van der Waals surface area contributed by atoms with Crippen LogP contribution in [0.3, 0.4) is 0 Å². The highest BCUT2D eigenvalue weighted by Gasteiger charge is 2.46. The van der Waals surface area contributed by atoms with E-state index in [-0.39, 0.29) is 109 Å². The number of amides is 5. The molecule has 4 heterocycles. The molecule has 0 saturated carbocycles. The average Bonchev–Trinajstić information content (AvgIpc) is 4.30. The van der Waals surface area contributed by atoms with Crippen LogP contribution in [0.15, 0.2) is 59.6 Å². The van der Waals surface area contributed by atoms with Crippen LogP contribution < -0.4 is 16.0 Å². The van der Waals surface area contributed by atoms with E-state index in [0.717, 1.165) is 43.4 Å². The Morgan fingerprint density at radius 1 is 0.573 bits per heavy atom. The maximum atomic E-state index is 14.0. The molecule has 0 spiro atoms. The first-order valence-corrected chi connectivity index (χ1v) is 29.6. The molecule has 23 heteroatoms. The lowest BCUT2D eigenvalue weighted by atomic mass is 9.77. The summed E-state index contributed by atoms with van der Waals surface area (Å²) in [5, 5.41) is 29.8. The number of aromatic nitrogens is 2. The largest absolute Gasteiger partial charge is 0.391 e. The van der Waals surface area contributed by atoms with Gasteiger partial charge in [0.1, 0.15) is 31.3 Å². The molecule has 2 fully saturated rings. The fraction of sp³-hybridized carbons (Fsp3) is 0.593. The first-order valence-electron chi connectivity index (χ1n) is 27.9. The van der Waals surface area contributed by atoms with E-state index in [2.05, 4.69) is 25.9 Å². The van der Waals surface area contributed by atoms with Gasteiger partial charge in [-0.3, -0.25) is 28.8 Å². The predicted octanol–water partition coefficient (Wildman–Crippen LogP) is 4.66. The van der Waals surface area contributed by atoms with E-state index < -0.39 is 58.9 Å². The molecule has 0 bridgehead atoms. The summed E-state index contributed by atoms with van der Waals surface area (Å²) in [4.78, 5) is 94.5. The van der Waals surface area contributed by atoms with Crippen LogP contribution in [0.2, 0.25) is 0 Å². The number of nitrogens with zero attached hydrogens (tertiary/aromatic N) is 4. The number of rotatable bonds is 32. The summed E-state index contributed by atoms with van der Waals surface area (Å²) in [7, 11) is 0. The number of hydrogen-bond acceptors (Lipinski definition) is 18. The van der Waals surface area contributed by atoms with Crippen molar-refractivity contribution in [2.45, 2.75) is 118 Å². The topological polar surface area (TPSA) is 267 Å². The van der Waals surface area contributed by atoms with Crippen LogP contribution in [0.25, 0.3) is 20.9 Å². The van der Waals surface area contributed by atoms with Crippen LogP contribution in [0.4, 0.5) is 0 Å². The van der Waals surface area contributed by atoms with Crippen molar-refractivity contribution < 1.29 is 67.4 Å². The number of ether oxygens (including phenoxy) is 6. The number of carbonyl (C=O) groups is 6. The van der Waals surface area contributed by atoms with Crippen LogP contribution in [0.1, 0.15) is 83.3 Å². The summed E-state index contributed by atoms with van der Waals surface area (Å²) in [6.07, 6.45) is -1.64. The molecule has 450 valence electrons. The zero-order chi connectivity index (χ0) is 59.4. The van der Waals surface area contributed by atoms with Gasteiger partial charge in [-0.2, -0.15) is 0 Å². The van der Waals surface area contributed by atoms with Crippen LogP contribution in [0, 0.1) is 30.6 Å². The number of ketones is 1. The van der Waals surface area contributed by atoms with Gasteiger partial charge >= 0.3 is 0 Å². The lowest BCUT2D eigenvalue weighted by molar-refractivity contribution is -0.146. The zero-order valence-electron chi connectivity index (χ0n) is 48.6. The Bertz CT molecular complexity index is 2510. The second-order valence-electron chi connectivity index (χ2n) is 22.7. The van der Waals surface area contributed by atoms with E-state index in [1.54, 1.807) is 28.2 Å². The fourth-order valence-corrected chi connectivity index (χ4v) is 11.2. The number of β-amino-alcohol motifs (C(OH)–C–C–N with tert-alkyl or cyclic N) is 2. The molecule has 82 heavy (non-hydrogen) atoms. The third-order valence-electron chi connectivity index (χ3n) is 14.1. The van der Waals surface area contributed by atoms with Gasteiger partial charge in [-0.15, -0.1) is 22.7 Å². The number of benzene rings is 2. The standard InChI is InChI=1S/C59H83N7O14S2/c1-38-51(81-36-62-38)42-13-9-40(10-14-42)30-60-54(71)48-28-44(67)32-65(48)56(73)47(58(3,4)5)27-46(69)34-79-25-23-77-21-19-75-17-18-76-20-22-78-24-26-80-35-50(70)64-53(59(6,7)8)57(74)66-33-45(68)29-49(66)55(72)61-31-41-11-15-43(16-12-41)52-39(2)63-37-82-52/h9-16,36-37,44-45,47-49,53,67-68H,17-35H2,1-8H3,(H,60,71)(H,61,72)(H,64,70)/t44-,45-,47+,48-,49-,53+/m0/s1. The summed E-state index contributed by atoms with van der Waals surface area (Å²) in [6.45, 7) is 17.6. The number of aliphatic hydroxyl groups excluding tert-OH is 2. The molecular formula is C59H83N7O14S2. The van der Waals surface area contributed by atoms with Gasteiger partial charge in [-0.05, 0) is 46.9 Å². The zero-order valence-corrected chi connectivity index (χ0v) is 50.2. The van der Waals surface area contributed by atoms with Gasteiger partial charge < -0.3 is 64.4 Å². The highest BCUT2D eigenvalue weighted by Crippen LogP contribution is 2.34. The highest BCUT2D eigenvalue weighted by molar-refractivity contribution is 7.13. The van der Waals surface area contributed by atoms with Gasteiger partial charge in [0.25, 0.3) is 0 Å². The molecule has 6 atom stereocenters. The second-order valence-corrected chi connectivity index (χ2v) is 24.4. The molecule has 5 N–H and O–H groups in total. The molecule has 2 aromatic carbocycles. The van der Waals surface area contributed by atoms with Crippen molar-refractivity contribution >= 4 is 58.0 Å². The molecule has 5 amide bonds. The lowest BCUT2D eigenvalue weighted by Crippen LogP contribution is -2.58. The van der Waals surface area contributed by atoms with Crippen molar-refractivity contribution in [3.8, 4) is 20.9 Å². The minimum absolute atomic E-state index is 0.00513. The van der Waals surface area contributed by atoms with Crippen molar-refractivity contribution in [3.63, 3.8) is 0 Å². The van der Waals surface area contributed by atoms with Crippen molar-refractivity contribution in [2.24, 2.45) is 16.7 Å². The van der Waals surface area contributed by atoms with Crippen molar-refractivity contribution in [1.82, 2.24) is 35.7 Å². The smallest absolute Gasteiger partial charge is 0.246 e. The van der Waals surface area contributed by atoms with Gasteiger partial charge in [0.05, 0.1) is 110 Å². The van der Waals surface area contributed by atoms with E-state index in [4.69, 9.17) is 28.4 Å². The average molecular weight is 1180 g/mol. The summed E-state index contributed by atoms with van der Waals surface area (Å²) in [5.74, 6) is -3.07. The Hall–Kier alpha value is -5.60. The van der Waals surface area contributed by atoms with Gasteiger partial charge in [-0.1, -0.05) is 90.1 Å². The van der Waals surface area contributed by atoms with Crippen molar-refractivity contribution in [1.29, 1.82) is 0 Å². The Kier molecular flexibility index (Phi) is 25.5. The number of aliphatic hydroxyl groups is 2. The quantitative estimate of drug-likeness (QED) is 0.0417. The SMILES string of the molecule is Cc1ncsc1-c1ccc(CNC(=O)[C@@H]2C[C@H](O)CN2C(=O)[C@@H](CC(=O)COCCOCCOCCOCCOCCOCC(=O)N[C@H](C(=O)N2C[C@@H](O)C[C@H]2C(=O)NCc2ccc(-c3scnc3C)cc2)C(C)(C)C)C(C)(C)C)cc1. The minimum atomic E-state index is -0.986. The fourth-order valence-electron chi connectivity index (χ4n) is 9.55. The normalized spacial score (nSPS) is 18.1. The van der Waals surface area contributed by atoms with E-state index in [9.17, 15) is 39.0 Å². The number of aryl methyl sites for hydroxylation is 2. The van der Waals surface area contributed by atoms with E-state index in [0.29, 0.717) is 39.6 Å². The molecule has 2 saturated heterocycles. The third kappa shape index (κ3) is 20.0. The van der Waals surface area contributed by atoms with Gasteiger partial charge in [0.2, 0.25) is 29.5 Å². The number of likely N-dealkylation sites (tertiary alicyclic amines) is 2. The maximum absolute atomic E-state index is 14.0. The van der Waals surface area contributed by atoms with Crippen LogP contribution >= 0.6 is 22.7 Å². The third-order valence-corrected chi connectivity index (χ3v) is 16.1. The Morgan fingerprint density at radius 3 is 1.34 bits per heavy atom. The Balaban J connectivity index is 0.763. The first kappa shape index (κ1) is 65.6. The maximum Gasteiger partial charge on any atom is 0.246 e. The molecular weight excluding hydrogens is 1090 g/mol. The molecule has 4 aromatic rings. The van der Waals surface area contributed by atoms with E-state index in [1.807, 2.05) is 109 Å². The molecule has 21 nitrogen and oxygen atoms in total. The lowest BCUT2D eigenvalue weighted by Gasteiger charge is -2.35. The molecule has 2 aliphatic rings. The molecule has 2 aliphatic heterocycles. The van der Waals surface area contributed by atoms with Crippen LogP contribution in [-0.4, -0.2) is 188 Å². The van der Waals surface area contributed by atoms with Crippen LogP contribution in [0.5, 0.6) is 0 Å². The van der Waals surface area contributed by atoms with E-state index in [1.165, 1.54) is 9.80 Å². The molecule has 0 radical (unpaired) electrons. The summed E-state index contributed by atoms with van der Waals surface area (Å²) in [5.41, 5.74) is 8.05. The predicted molar refractivity (Wildman–Crippen MR) is 309 cm³/mol. The Morgan fingerprint density at radius 2 is 0.963 bits per heavy atom. The summed E-state index contributed by atoms with van der Waals surface area (Å²) >= 11 is 3.13.